The molecule has 0 spiro atoms. The summed E-state index contributed by atoms with van der Waals surface area (Å²) in [5, 5.41) is 13.9. The molecule has 0 bridgehead atoms. The molecule has 0 unspecified atom stereocenters. The predicted octanol–water partition coefficient (Wildman–Crippen LogP) is 5.42. The van der Waals surface area contributed by atoms with Gasteiger partial charge in [0, 0.05) is 11.3 Å². The van der Waals surface area contributed by atoms with Gasteiger partial charge >= 0.3 is 0 Å². The third-order valence-electron chi connectivity index (χ3n) is 4.76. The second kappa shape index (κ2) is 9.06. The van der Waals surface area contributed by atoms with Crippen molar-refractivity contribution in [1.29, 1.82) is 5.26 Å². The molecule has 0 fully saturated rings. The van der Waals surface area contributed by atoms with Crippen molar-refractivity contribution in [3.63, 3.8) is 0 Å². The molecule has 0 amide bonds. The van der Waals surface area contributed by atoms with Gasteiger partial charge in [-0.3, -0.25) is 0 Å². The molecule has 6 nitrogen and oxygen atoms in total. The van der Waals surface area contributed by atoms with Gasteiger partial charge in [-0.2, -0.15) is 5.26 Å². The van der Waals surface area contributed by atoms with Gasteiger partial charge in [0.25, 0.3) is 0 Å². The molecular formula is C23H24N4O2S. The second-order valence-electron chi connectivity index (χ2n) is 6.86. The summed E-state index contributed by atoms with van der Waals surface area (Å²) in [6.07, 6.45) is 1.91. The number of nitriles is 1. The zero-order valence-corrected chi connectivity index (χ0v) is 18.8. The van der Waals surface area contributed by atoms with Crippen LogP contribution in [0.5, 0.6) is 11.5 Å². The summed E-state index contributed by atoms with van der Waals surface area (Å²) in [4.78, 5) is 9.20. The highest BCUT2D eigenvalue weighted by Crippen LogP contribution is 2.36. The average Bonchev–Trinajstić information content (AvgIpc) is 2.74. The Balaban J connectivity index is 2.19. The molecule has 3 aromatic rings. The lowest BCUT2D eigenvalue weighted by Crippen LogP contribution is -2.05. The maximum atomic E-state index is 9.98. The standard InChI is InChI=1S/C23H24N4O2S/c1-13-9-14(2)20(15(3)10-13)25-22-17(12-24)21(26-23(27-22)30-6)16-7-8-18(28-4)19(11-16)29-5/h7-11H,1-6H3,(H,25,26,27). The van der Waals surface area contributed by atoms with E-state index in [1.165, 1.54) is 17.3 Å². The molecule has 0 saturated carbocycles. The number of aromatic nitrogens is 2. The van der Waals surface area contributed by atoms with Crippen molar-refractivity contribution in [2.75, 3.05) is 25.8 Å². The molecule has 30 heavy (non-hydrogen) atoms. The van der Waals surface area contributed by atoms with E-state index in [0.717, 1.165) is 22.4 Å². The summed E-state index contributed by atoms with van der Waals surface area (Å²) in [6.45, 7) is 6.15. The fraction of sp³-hybridized carbons (Fsp3) is 0.261. The highest BCUT2D eigenvalue weighted by Gasteiger charge is 2.19. The van der Waals surface area contributed by atoms with Gasteiger partial charge in [-0.25, -0.2) is 9.97 Å². The van der Waals surface area contributed by atoms with Crippen LogP contribution in [-0.2, 0) is 0 Å². The van der Waals surface area contributed by atoms with Crippen LogP contribution in [0, 0.1) is 32.1 Å². The van der Waals surface area contributed by atoms with Crippen molar-refractivity contribution >= 4 is 23.3 Å². The number of methoxy groups -OCH3 is 2. The molecule has 0 aliphatic rings. The Morgan fingerprint density at radius 2 is 1.63 bits per heavy atom. The van der Waals surface area contributed by atoms with Crippen molar-refractivity contribution < 1.29 is 9.47 Å². The molecule has 0 aliphatic carbocycles. The first-order valence-electron chi connectivity index (χ1n) is 9.35. The largest absolute Gasteiger partial charge is 0.493 e. The average molecular weight is 421 g/mol. The van der Waals surface area contributed by atoms with Crippen molar-refractivity contribution in [3.05, 3.63) is 52.6 Å². The van der Waals surface area contributed by atoms with Crippen LogP contribution >= 0.6 is 11.8 Å². The lowest BCUT2D eigenvalue weighted by Gasteiger charge is -2.17. The number of hydrogen-bond acceptors (Lipinski definition) is 7. The van der Waals surface area contributed by atoms with E-state index in [1.54, 1.807) is 20.3 Å². The second-order valence-corrected chi connectivity index (χ2v) is 7.64. The van der Waals surface area contributed by atoms with E-state index >= 15 is 0 Å². The van der Waals surface area contributed by atoms with E-state index in [0.29, 0.717) is 33.7 Å². The molecule has 3 rings (SSSR count). The van der Waals surface area contributed by atoms with Crippen LogP contribution in [0.1, 0.15) is 22.3 Å². The molecule has 1 heterocycles. The van der Waals surface area contributed by atoms with E-state index in [4.69, 9.17) is 9.47 Å². The summed E-state index contributed by atoms with van der Waals surface area (Å²) in [7, 11) is 3.17. The summed E-state index contributed by atoms with van der Waals surface area (Å²) >= 11 is 1.42. The number of hydrogen-bond donors (Lipinski definition) is 1. The van der Waals surface area contributed by atoms with Gasteiger partial charge in [-0.05, 0) is 56.4 Å². The van der Waals surface area contributed by atoms with Crippen LogP contribution in [0.15, 0.2) is 35.5 Å². The lowest BCUT2D eigenvalue weighted by atomic mass is 10.0. The van der Waals surface area contributed by atoms with Gasteiger partial charge < -0.3 is 14.8 Å². The first kappa shape index (κ1) is 21.5. The number of anilines is 2. The SMILES string of the molecule is COc1ccc(-c2nc(SC)nc(Nc3c(C)cc(C)cc3C)c2C#N)cc1OC. The Morgan fingerprint density at radius 3 is 2.20 bits per heavy atom. The number of aryl methyl sites for hydroxylation is 3. The molecule has 0 atom stereocenters. The minimum Gasteiger partial charge on any atom is -0.493 e. The number of nitrogens with one attached hydrogen (secondary N) is 1. The Kier molecular flexibility index (Phi) is 6.48. The molecule has 0 saturated heterocycles. The molecule has 0 aliphatic heterocycles. The van der Waals surface area contributed by atoms with Gasteiger partial charge in [0.15, 0.2) is 22.5 Å². The number of rotatable bonds is 6. The summed E-state index contributed by atoms with van der Waals surface area (Å²) in [5.74, 6) is 1.67. The fourth-order valence-corrected chi connectivity index (χ4v) is 3.78. The third kappa shape index (κ3) is 4.19. The molecule has 154 valence electrons. The van der Waals surface area contributed by atoms with Crippen LogP contribution in [0.4, 0.5) is 11.5 Å². The monoisotopic (exact) mass is 420 g/mol. The van der Waals surface area contributed by atoms with E-state index in [2.05, 4.69) is 40.4 Å². The molecule has 1 N–H and O–H groups in total. The number of thioether (sulfide) groups is 1. The summed E-state index contributed by atoms with van der Waals surface area (Å²) in [6, 6.07) is 12.0. The lowest BCUT2D eigenvalue weighted by molar-refractivity contribution is 0.355. The zero-order valence-electron chi connectivity index (χ0n) is 18.0. The number of nitrogens with zero attached hydrogens (tertiary/aromatic N) is 3. The van der Waals surface area contributed by atoms with Crippen molar-refractivity contribution in [3.8, 4) is 28.8 Å². The fourth-order valence-electron chi connectivity index (χ4n) is 3.42. The van der Waals surface area contributed by atoms with Gasteiger partial charge in [0.1, 0.15) is 11.6 Å². The van der Waals surface area contributed by atoms with Gasteiger partial charge in [0.2, 0.25) is 0 Å². The van der Waals surface area contributed by atoms with E-state index < -0.39 is 0 Å². The van der Waals surface area contributed by atoms with Crippen LogP contribution in [0.2, 0.25) is 0 Å². The Hall–Kier alpha value is -3.24. The first-order chi connectivity index (χ1) is 14.4. The van der Waals surface area contributed by atoms with Gasteiger partial charge in [-0.15, -0.1) is 0 Å². The topological polar surface area (TPSA) is 80.1 Å². The van der Waals surface area contributed by atoms with Gasteiger partial charge in [0.05, 0.1) is 19.9 Å². The highest BCUT2D eigenvalue weighted by molar-refractivity contribution is 7.98. The molecular weight excluding hydrogens is 396 g/mol. The zero-order chi connectivity index (χ0) is 21.8. The van der Waals surface area contributed by atoms with Crippen LogP contribution < -0.4 is 14.8 Å². The van der Waals surface area contributed by atoms with Crippen LogP contribution in [-0.4, -0.2) is 30.4 Å². The minimum atomic E-state index is 0.374. The minimum absolute atomic E-state index is 0.374. The van der Waals surface area contributed by atoms with E-state index in [-0.39, 0.29) is 0 Å². The van der Waals surface area contributed by atoms with Crippen LogP contribution in [0.25, 0.3) is 11.3 Å². The smallest absolute Gasteiger partial charge is 0.189 e. The Labute approximate surface area is 181 Å². The predicted molar refractivity (Wildman–Crippen MR) is 121 cm³/mol. The maximum Gasteiger partial charge on any atom is 0.189 e. The molecule has 2 aromatic carbocycles. The van der Waals surface area contributed by atoms with Crippen molar-refractivity contribution in [2.45, 2.75) is 25.9 Å². The van der Waals surface area contributed by atoms with Crippen molar-refractivity contribution in [1.82, 2.24) is 9.97 Å². The van der Waals surface area contributed by atoms with Crippen molar-refractivity contribution in [2.24, 2.45) is 0 Å². The quantitative estimate of drug-likeness (QED) is 0.421. The van der Waals surface area contributed by atoms with Crippen LogP contribution in [0.3, 0.4) is 0 Å². The van der Waals surface area contributed by atoms with E-state index in [1.807, 2.05) is 32.2 Å². The number of benzene rings is 2. The normalized spacial score (nSPS) is 10.4. The Bertz CT molecular complexity index is 1120. The third-order valence-corrected chi connectivity index (χ3v) is 5.31. The van der Waals surface area contributed by atoms with E-state index in [9.17, 15) is 5.26 Å². The summed E-state index contributed by atoms with van der Waals surface area (Å²) < 4.78 is 10.8. The molecule has 0 radical (unpaired) electrons. The molecule has 7 heteroatoms. The molecule has 1 aromatic heterocycles. The Morgan fingerprint density at radius 1 is 0.967 bits per heavy atom. The first-order valence-corrected chi connectivity index (χ1v) is 10.6. The highest BCUT2D eigenvalue weighted by atomic mass is 32.2. The van der Waals surface area contributed by atoms with Gasteiger partial charge in [-0.1, -0.05) is 29.5 Å². The maximum absolute atomic E-state index is 9.98. The summed E-state index contributed by atoms with van der Waals surface area (Å²) in [5.41, 5.74) is 5.99. The number of ether oxygens (including phenoxy) is 2.